The van der Waals surface area contributed by atoms with Crippen molar-refractivity contribution in [2.75, 3.05) is 13.6 Å². The van der Waals surface area contributed by atoms with Gasteiger partial charge in [-0.3, -0.25) is 0 Å². The molecule has 2 atom stereocenters. The summed E-state index contributed by atoms with van der Waals surface area (Å²) in [6, 6.07) is 12.0. The van der Waals surface area contributed by atoms with Crippen LogP contribution < -0.4 is 0 Å². The molecule has 2 aromatic rings. The Morgan fingerprint density at radius 2 is 1.67 bits per heavy atom. The lowest BCUT2D eigenvalue weighted by atomic mass is 9.82. The van der Waals surface area contributed by atoms with E-state index in [2.05, 4.69) is 19.2 Å². The molecule has 0 aromatic heterocycles. The number of nitrogens with zero attached hydrogens (tertiary/aromatic N) is 1. The predicted octanol–water partition coefficient (Wildman–Crippen LogP) is 2.90. The molecular weight excluding hydrogens is 262 g/mol. The van der Waals surface area contributed by atoms with Crippen LogP contribution in [0.15, 0.2) is 36.4 Å². The van der Waals surface area contributed by atoms with Crippen LogP contribution in [0.2, 0.25) is 0 Å². The fraction of sp³-hybridized carbons (Fsp3) is 0.333. The summed E-state index contributed by atoms with van der Waals surface area (Å²) in [6.07, 6.45) is 2.01. The molecule has 0 bridgehead atoms. The molecule has 4 rings (SSSR count). The SMILES string of the molecule is C[N+]12CCc3cc(O)ccc3C1Cc1ccc(O)cc1C2. The summed E-state index contributed by atoms with van der Waals surface area (Å²) in [5.74, 6) is 0.729. The minimum absolute atomic E-state index is 0.362. The van der Waals surface area contributed by atoms with Gasteiger partial charge in [0.25, 0.3) is 0 Å². The molecule has 3 heteroatoms. The number of quaternary nitrogens is 1. The zero-order valence-corrected chi connectivity index (χ0v) is 12.2. The molecule has 2 unspecified atom stereocenters. The first-order valence-corrected chi connectivity index (χ1v) is 7.52. The number of rotatable bonds is 0. The largest absolute Gasteiger partial charge is 0.508 e. The zero-order chi connectivity index (χ0) is 14.6. The van der Waals surface area contributed by atoms with Crippen molar-refractivity contribution in [2.24, 2.45) is 0 Å². The fourth-order valence-corrected chi connectivity index (χ4v) is 4.08. The summed E-state index contributed by atoms with van der Waals surface area (Å²) in [5.41, 5.74) is 5.28. The third kappa shape index (κ3) is 1.92. The molecule has 0 spiro atoms. The molecular formula is C18H20NO2+. The van der Waals surface area contributed by atoms with Crippen molar-refractivity contribution >= 4 is 0 Å². The topological polar surface area (TPSA) is 40.5 Å². The monoisotopic (exact) mass is 282 g/mol. The van der Waals surface area contributed by atoms with Crippen LogP contribution in [0.5, 0.6) is 11.5 Å². The molecule has 0 saturated heterocycles. The van der Waals surface area contributed by atoms with Gasteiger partial charge >= 0.3 is 0 Å². The van der Waals surface area contributed by atoms with Gasteiger partial charge in [-0.25, -0.2) is 0 Å². The highest BCUT2D eigenvalue weighted by Crippen LogP contribution is 2.43. The summed E-state index contributed by atoms with van der Waals surface area (Å²) in [7, 11) is 2.31. The van der Waals surface area contributed by atoms with Crippen LogP contribution in [0.1, 0.15) is 28.3 Å². The van der Waals surface area contributed by atoms with Crippen LogP contribution in [0.25, 0.3) is 0 Å². The Bertz CT molecular complexity index is 725. The third-order valence-electron chi connectivity index (χ3n) is 5.26. The quantitative estimate of drug-likeness (QED) is 0.729. The van der Waals surface area contributed by atoms with Crippen molar-refractivity contribution in [3.63, 3.8) is 0 Å². The van der Waals surface area contributed by atoms with Gasteiger partial charge in [0.2, 0.25) is 0 Å². The molecule has 2 N–H and O–H groups in total. The van der Waals surface area contributed by atoms with Crippen molar-refractivity contribution in [1.82, 2.24) is 0 Å². The Kier molecular flexibility index (Phi) is 2.57. The maximum Gasteiger partial charge on any atom is 0.119 e. The molecule has 0 fully saturated rings. The van der Waals surface area contributed by atoms with Crippen LogP contribution in [-0.4, -0.2) is 28.3 Å². The van der Waals surface area contributed by atoms with Gasteiger partial charge in [0, 0.05) is 24.0 Å². The number of hydrogen-bond acceptors (Lipinski definition) is 2. The van der Waals surface area contributed by atoms with Gasteiger partial charge in [-0.2, -0.15) is 0 Å². The first kappa shape index (κ1) is 12.7. The molecule has 2 aliphatic rings. The molecule has 3 nitrogen and oxygen atoms in total. The number of phenolic OH excluding ortho intramolecular Hbond substituents is 2. The van der Waals surface area contributed by atoms with E-state index in [0.29, 0.717) is 17.5 Å². The van der Waals surface area contributed by atoms with Crippen LogP contribution in [0.4, 0.5) is 0 Å². The molecule has 0 saturated carbocycles. The maximum atomic E-state index is 9.72. The van der Waals surface area contributed by atoms with Crippen molar-refractivity contribution in [3.8, 4) is 11.5 Å². The summed E-state index contributed by atoms with van der Waals surface area (Å²) in [5, 5.41) is 19.4. The molecule has 2 heterocycles. The van der Waals surface area contributed by atoms with E-state index in [4.69, 9.17) is 0 Å². The van der Waals surface area contributed by atoms with E-state index in [1.165, 1.54) is 22.3 Å². The van der Waals surface area contributed by atoms with Gasteiger partial charge in [-0.05, 0) is 41.5 Å². The minimum Gasteiger partial charge on any atom is -0.508 e. The van der Waals surface area contributed by atoms with Crippen LogP contribution in [-0.2, 0) is 19.4 Å². The minimum atomic E-state index is 0.362. The second kappa shape index (κ2) is 4.25. The molecule has 2 aliphatic heterocycles. The van der Waals surface area contributed by atoms with Crippen LogP contribution >= 0.6 is 0 Å². The molecule has 21 heavy (non-hydrogen) atoms. The first-order valence-electron chi connectivity index (χ1n) is 7.52. The summed E-state index contributed by atoms with van der Waals surface area (Å²) in [6.45, 7) is 2.05. The number of phenols is 2. The number of fused-ring (bicyclic) bond motifs is 4. The summed E-state index contributed by atoms with van der Waals surface area (Å²) in [4.78, 5) is 0. The average Bonchev–Trinajstić information content (AvgIpc) is 2.45. The van der Waals surface area contributed by atoms with E-state index < -0.39 is 0 Å². The van der Waals surface area contributed by atoms with Gasteiger partial charge in [-0.15, -0.1) is 0 Å². The Morgan fingerprint density at radius 1 is 0.952 bits per heavy atom. The van der Waals surface area contributed by atoms with Crippen molar-refractivity contribution in [1.29, 1.82) is 0 Å². The average molecular weight is 282 g/mol. The van der Waals surface area contributed by atoms with Crippen LogP contribution in [0, 0.1) is 0 Å². The molecule has 108 valence electrons. The highest BCUT2D eigenvalue weighted by Gasteiger charge is 2.42. The zero-order valence-electron chi connectivity index (χ0n) is 12.2. The lowest BCUT2D eigenvalue weighted by molar-refractivity contribution is -0.956. The lowest BCUT2D eigenvalue weighted by Gasteiger charge is -2.48. The first-order chi connectivity index (χ1) is 10.0. The van der Waals surface area contributed by atoms with Crippen molar-refractivity contribution < 1.29 is 14.7 Å². The van der Waals surface area contributed by atoms with E-state index in [0.717, 1.165) is 30.4 Å². The Balaban J connectivity index is 1.82. The number of hydrogen-bond donors (Lipinski definition) is 2. The smallest absolute Gasteiger partial charge is 0.119 e. The van der Waals surface area contributed by atoms with Gasteiger partial charge in [-0.1, -0.05) is 6.07 Å². The second-order valence-electron chi connectivity index (χ2n) is 6.67. The van der Waals surface area contributed by atoms with E-state index >= 15 is 0 Å². The summed E-state index contributed by atoms with van der Waals surface area (Å²) >= 11 is 0. The van der Waals surface area contributed by atoms with E-state index in [-0.39, 0.29) is 0 Å². The highest BCUT2D eigenvalue weighted by atomic mass is 16.3. The van der Waals surface area contributed by atoms with E-state index in [9.17, 15) is 10.2 Å². The van der Waals surface area contributed by atoms with Crippen LogP contribution in [0.3, 0.4) is 0 Å². The molecule has 0 radical (unpaired) electrons. The van der Waals surface area contributed by atoms with Crippen molar-refractivity contribution in [3.05, 3.63) is 58.7 Å². The Labute approximate surface area is 124 Å². The normalized spacial score (nSPS) is 26.6. The molecule has 2 aromatic carbocycles. The number of likely N-dealkylation sites (N-methyl/N-ethyl adjacent to an activating group) is 1. The molecule has 0 amide bonds. The van der Waals surface area contributed by atoms with Gasteiger partial charge in [0.15, 0.2) is 0 Å². The van der Waals surface area contributed by atoms with Gasteiger partial charge in [0.05, 0.1) is 13.6 Å². The highest BCUT2D eigenvalue weighted by molar-refractivity contribution is 5.41. The third-order valence-corrected chi connectivity index (χ3v) is 5.26. The molecule has 0 aliphatic carbocycles. The standard InChI is InChI=1S/C18H19NO2/c1-19-7-6-13-8-16(21)4-5-17(13)18(19)10-12-2-3-15(20)9-14(12)11-19/h2-5,8-9,18H,6-7,10-11H2,1H3,(H-,20,21)/p+1. The lowest BCUT2D eigenvalue weighted by Crippen LogP contribution is -2.53. The Hall–Kier alpha value is -2.00. The van der Waals surface area contributed by atoms with E-state index in [1.807, 2.05) is 12.1 Å². The van der Waals surface area contributed by atoms with E-state index in [1.54, 1.807) is 12.1 Å². The second-order valence-corrected chi connectivity index (χ2v) is 6.67. The number of aromatic hydroxyl groups is 2. The summed E-state index contributed by atoms with van der Waals surface area (Å²) < 4.78 is 0.994. The maximum absolute atomic E-state index is 9.72. The van der Waals surface area contributed by atoms with Crippen molar-refractivity contribution in [2.45, 2.75) is 25.4 Å². The Morgan fingerprint density at radius 3 is 2.48 bits per heavy atom. The van der Waals surface area contributed by atoms with Gasteiger partial charge < -0.3 is 14.7 Å². The fourth-order valence-electron chi connectivity index (χ4n) is 4.08. The van der Waals surface area contributed by atoms with Gasteiger partial charge in [0.1, 0.15) is 24.1 Å². The number of benzene rings is 2. The predicted molar refractivity (Wildman–Crippen MR) is 81.1 cm³/mol.